The Balaban J connectivity index is 4.43. The Bertz CT molecular complexity index is 1710. The van der Waals surface area contributed by atoms with E-state index in [1.807, 2.05) is 0 Å². The zero-order chi connectivity index (χ0) is 56.4. The number of rotatable bonds is 56. The first-order chi connectivity index (χ1) is 38.5. The second-order valence-corrected chi connectivity index (χ2v) is 20.5. The van der Waals surface area contributed by atoms with Gasteiger partial charge in [-0.25, -0.2) is 0 Å². The van der Waals surface area contributed by atoms with Gasteiger partial charge < -0.3 is 14.2 Å². The van der Waals surface area contributed by atoms with Crippen LogP contribution in [-0.4, -0.2) is 37.2 Å². The van der Waals surface area contributed by atoms with Gasteiger partial charge in [0.15, 0.2) is 6.10 Å². The molecule has 0 heterocycles. The van der Waals surface area contributed by atoms with E-state index < -0.39 is 6.10 Å². The summed E-state index contributed by atoms with van der Waals surface area (Å²) >= 11 is 0. The smallest absolute Gasteiger partial charge is 0.306 e. The normalized spacial score (nSPS) is 13.1. The van der Waals surface area contributed by atoms with Crippen molar-refractivity contribution in [2.24, 2.45) is 0 Å². The van der Waals surface area contributed by atoms with E-state index in [9.17, 15) is 14.4 Å². The van der Waals surface area contributed by atoms with Gasteiger partial charge in [0.05, 0.1) is 0 Å². The number of carbonyl (C=O) groups excluding carboxylic acids is 3. The number of allylic oxidation sites excluding steroid dienone is 24. The van der Waals surface area contributed by atoms with Crippen LogP contribution in [0.2, 0.25) is 0 Å². The Morgan fingerprint density at radius 2 is 0.500 bits per heavy atom. The highest BCUT2D eigenvalue weighted by Crippen LogP contribution is 2.14. The summed E-state index contributed by atoms with van der Waals surface area (Å²) in [6.45, 7) is 6.36. The molecular weight excluding hydrogens is 961 g/mol. The number of hydrogen-bond donors (Lipinski definition) is 0. The maximum absolute atomic E-state index is 12.9. The van der Waals surface area contributed by atoms with E-state index in [0.717, 1.165) is 167 Å². The van der Waals surface area contributed by atoms with Crippen LogP contribution < -0.4 is 0 Å². The molecule has 0 saturated carbocycles. The van der Waals surface area contributed by atoms with E-state index in [2.05, 4.69) is 167 Å². The molecule has 0 spiro atoms. The van der Waals surface area contributed by atoms with Crippen LogP contribution in [0.4, 0.5) is 0 Å². The number of carbonyl (C=O) groups is 3. The molecule has 1 unspecified atom stereocenters. The van der Waals surface area contributed by atoms with Crippen molar-refractivity contribution in [3.63, 3.8) is 0 Å². The zero-order valence-electron chi connectivity index (χ0n) is 50.4. The molecule has 6 nitrogen and oxygen atoms in total. The van der Waals surface area contributed by atoms with Gasteiger partial charge >= 0.3 is 17.9 Å². The predicted octanol–water partition coefficient (Wildman–Crippen LogP) is 21.9. The van der Waals surface area contributed by atoms with Gasteiger partial charge in [0.2, 0.25) is 0 Å². The molecule has 0 rings (SSSR count). The fourth-order valence-corrected chi connectivity index (χ4v) is 8.35. The Morgan fingerprint density at radius 1 is 0.269 bits per heavy atom. The summed E-state index contributed by atoms with van der Waals surface area (Å²) < 4.78 is 16.9. The first-order valence-electron chi connectivity index (χ1n) is 31.8. The predicted molar refractivity (Wildman–Crippen MR) is 339 cm³/mol. The van der Waals surface area contributed by atoms with Crippen molar-refractivity contribution >= 4 is 17.9 Å². The van der Waals surface area contributed by atoms with Crippen molar-refractivity contribution in [3.05, 3.63) is 146 Å². The van der Waals surface area contributed by atoms with Crippen molar-refractivity contribution in [1.29, 1.82) is 0 Å². The lowest BCUT2D eigenvalue weighted by atomic mass is 10.1. The van der Waals surface area contributed by atoms with Crippen molar-refractivity contribution in [2.45, 2.75) is 277 Å². The van der Waals surface area contributed by atoms with Gasteiger partial charge in [-0.15, -0.1) is 0 Å². The first-order valence-corrected chi connectivity index (χ1v) is 31.8. The van der Waals surface area contributed by atoms with Gasteiger partial charge in [-0.05, 0) is 141 Å². The van der Waals surface area contributed by atoms with Crippen LogP contribution in [0.15, 0.2) is 146 Å². The standard InChI is InChI=1S/C72H116O6/c1-4-7-10-13-16-19-22-25-28-31-32-33-34-35-36-37-38-39-40-42-44-47-50-53-56-59-62-65-71(74)77-68-69(67-76-70(73)64-61-58-55-52-49-46-43-30-27-24-21-18-15-12-9-6-3)78-72(75)66-63-60-57-54-51-48-45-41-29-26-23-20-17-14-11-8-5-2/h7-8,10-11,16-17,19-21,24-26,28-30,32-33,35-36,38-39,43,45,48,69H,4-6,9,12-15,18,22-23,27,31,34,37,40-42,44,46-47,49-68H2,1-3H3/b10-7-,11-8-,19-16-,20-17-,24-21-,28-25-,29-26-,33-32-,36-35-,39-38-,43-30-,48-45-. The molecule has 0 aliphatic heterocycles. The van der Waals surface area contributed by atoms with E-state index in [0.29, 0.717) is 12.8 Å². The molecule has 0 bridgehead atoms. The van der Waals surface area contributed by atoms with Crippen molar-refractivity contribution in [2.75, 3.05) is 13.2 Å². The second-order valence-electron chi connectivity index (χ2n) is 20.5. The van der Waals surface area contributed by atoms with E-state index in [4.69, 9.17) is 14.2 Å². The highest BCUT2D eigenvalue weighted by atomic mass is 16.6. The lowest BCUT2D eigenvalue weighted by Crippen LogP contribution is -2.30. The van der Waals surface area contributed by atoms with Gasteiger partial charge in [-0.2, -0.15) is 0 Å². The first kappa shape index (κ1) is 73.3. The largest absolute Gasteiger partial charge is 0.462 e. The number of unbranched alkanes of at least 4 members (excludes halogenated alkanes) is 21. The summed E-state index contributed by atoms with van der Waals surface area (Å²) in [5.74, 6) is -0.948. The Kier molecular flexibility index (Phi) is 60.9. The van der Waals surface area contributed by atoms with E-state index in [1.165, 1.54) is 64.2 Å². The van der Waals surface area contributed by atoms with Crippen LogP contribution in [-0.2, 0) is 28.6 Å². The molecular formula is C72H116O6. The molecule has 1 atom stereocenters. The maximum Gasteiger partial charge on any atom is 0.306 e. The molecule has 0 radical (unpaired) electrons. The summed E-state index contributed by atoms with van der Waals surface area (Å²) in [7, 11) is 0. The molecule has 0 aromatic carbocycles. The zero-order valence-corrected chi connectivity index (χ0v) is 50.4. The fourth-order valence-electron chi connectivity index (χ4n) is 8.35. The van der Waals surface area contributed by atoms with Gasteiger partial charge in [0.1, 0.15) is 13.2 Å². The monoisotopic (exact) mass is 1080 g/mol. The molecule has 0 aromatic rings. The molecule has 0 aliphatic carbocycles. The SMILES string of the molecule is CC/C=C\C/C=C\C/C=C\C/C=C\C/C=C\C/C=C\CCCCCCCCCCC(=O)OCC(COC(=O)CCCCCCC/C=C\C/C=C\CCCCCC)OC(=O)CCCCCC/C=C\C/C=C\C/C=C\C/C=C\CC. The minimum absolute atomic E-state index is 0.102. The van der Waals surface area contributed by atoms with Gasteiger partial charge in [0.25, 0.3) is 0 Å². The quantitative estimate of drug-likeness (QED) is 0.0261. The third-order valence-electron chi connectivity index (χ3n) is 13.1. The Hall–Kier alpha value is -4.71. The molecule has 0 saturated heterocycles. The number of esters is 3. The van der Waals surface area contributed by atoms with Crippen LogP contribution in [0.1, 0.15) is 271 Å². The number of hydrogen-bond acceptors (Lipinski definition) is 6. The molecule has 0 fully saturated rings. The topological polar surface area (TPSA) is 78.9 Å². The molecule has 0 amide bonds. The summed E-state index contributed by atoms with van der Waals surface area (Å²) in [4.78, 5) is 38.3. The summed E-state index contributed by atoms with van der Waals surface area (Å²) in [6, 6.07) is 0. The maximum atomic E-state index is 12.9. The lowest BCUT2D eigenvalue weighted by molar-refractivity contribution is -0.167. The van der Waals surface area contributed by atoms with Crippen molar-refractivity contribution in [1.82, 2.24) is 0 Å². The van der Waals surface area contributed by atoms with Gasteiger partial charge in [-0.1, -0.05) is 256 Å². The highest BCUT2D eigenvalue weighted by molar-refractivity contribution is 5.71. The van der Waals surface area contributed by atoms with E-state index in [1.54, 1.807) is 0 Å². The summed E-state index contributed by atoms with van der Waals surface area (Å²) in [5, 5.41) is 0. The second kappa shape index (κ2) is 64.8. The van der Waals surface area contributed by atoms with Crippen LogP contribution >= 0.6 is 0 Å². The third-order valence-corrected chi connectivity index (χ3v) is 13.1. The van der Waals surface area contributed by atoms with Crippen LogP contribution in [0.25, 0.3) is 0 Å². The summed E-state index contributed by atoms with van der Waals surface area (Å²) in [6.07, 6.45) is 92.7. The molecule has 78 heavy (non-hydrogen) atoms. The molecule has 0 N–H and O–H groups in total. The molecule has 440 valence electrons. The van der Waals surface area contributed by atoms with Gasteiger partial charge in [-0.3, -0.25) is 14.4 Å². The van der Waals surface area contributed by atoms with E-state index >= 15 is 0 Å². The van der Waals surface area contributed by atoms with Crippen LogP contribution in [0, 0.1) is 0 Å². The molecule has 0 aliphatic rings. The third kappa shape index (κ3) is 62.1. The van der Waals surface area contributed by atoms with Crippen LogP contribution in [0.5, 0.6) is 0 Å². The average molecular weight is 1080 g/mol. The minimum Gasteiger partial charge on any atom is -0.462 e. The van der Waals surface area contributed by atoms with Crippen molar-refractivity contribution in [3.8, 4) is 0 Å². The lowest BCUT2D eigenvalue weighted by Gasteiger charge is -2.18. The van der Waals surface area contributed by atoms with E-state index in [-0.39, 0.29) is 37.5 Å². The fraction of sp³-hybridized carbons (Fsp3) is 0.625. The van der Waals surface area contributed by atoms with Crippen LogP contribution in [0.3, 0.4) is 0 Å². The average Bonchev–Trinajstić information content (AvgIpc) is 3.44. The molecule has 0 aromatic heterocycles. The highest BCUT2D eigenvalue weighted by Gasteiger charge is 2.19. The van der Waals surface area contributed by atoms with Gasteiger partial charge in [0, 0.05) is 19.3 Å². The molecule has 6 heteroatoms. The van der Waals surface area contributed by atoms with Crippen molar-refractivity contribution < 1.29 is 28.6 Å². The summed E-state index contributed by atoms with van der Waals surface area (Å²) in [5.41, 5.74) is 0. The number of ether oxygens (including phenoxy) is 3. The minimum atomic E-state index is -0.808. The Morgan fingerprint density at radius 3 is 0.782 bits per heavy atom. The Labute approximate surface area is 480 Å².